The highest BCUT2D eigenvalue weighted by molar-refractivity contribution is 9.11. The molecule has 118 valence electrons. The Morgan fingerprint density at radius 3 is 2.32 bits per heavy atom. The first-order valence-corrected chi connectivity index (χ1v) is 8.98. The summed E-state index contributed by atoms with van der Waals surface area (Å²) < 4.78 is 7.67. The highest BCUT2D eigenvalue weighted by Gasteiger charge is 2.10. The number of benzene rings is 2. The van der Waals surface area contributed by atoms with Crippen LogP contribution in [0.1, 0.15) is 25.0 Å². The van der Waals surface area contributed by atoms with E-state index < -0.39 is 0 Å². The molecule has 0 fully saturated rings. The lowest BCUT2D eigenvalue weighted by atomic mass is 10.2. The van der Waals surface area contributed by atoms with Crippen molar-refractivity contribution >= 4 is 49.1 Å². The number of hydrogen-bond donors (Lipinski definition) is 1. The van der Waals surface area contributed by atoms with Gasteiger partial charge in [0.15, 0.2) is 0 Å². The number of halogens is 3. The minimum Gasteiger partial charge on any atom is -0.489 e. The van der Waals surface area contributed by atoms with Crippen molar-refractivity contribution in [2.24, 2.45) is 0 Å². The molecule has 0 aliphatic carbocycles. The van der Waals surface area contributed by atoms with Gasteiger partial charge in [-0.2, -0.15) is 0 Å². The summed E-state index contributed by atoms with van der Waals surface area (Å²) in [6, 6.07) is 10.1. The molecule has 0 aromatic heterocycles. The second kappa shape index (κ2) is 7.71. The van der Waals surface area contributed by atoms with Gasteiger partial charge in [0.05, 0.1) is 15.0 Å². The van der Waals surface area contributed by atoms with E-state index in [9.17, 15) is 0 Å². The van der Waals surface area contributed by atoms with Crippen LogP contribution in [0.15, 0.2) is 39.3 Å². The molecule has 0 spiro atoms. The molecular weight excluding hydrogens is 429 g/mol. The van der Waals surface area contributed by atoms with Crippen LogP contribution < -0.4 is 10.1 Å². The molecule has 0 bridgehead atoms. The lowest BCUT2D eigenvalue weighted by Crippen LogP contribution is -2.07. The zero-order valence-corrected chi connectivity index (χ0v) is 16.6. The van der Waals surface area contributed by atoms with Crippen molar-refractivity contribution in [1.29, 1.82) is 0 Å². The van der Waals surface area contributed by atoms with E-state index in [1.165, 1.54) is 0 Å². The first kappa shape index (κ1) is 17.6. The highest BCUT2D eigenvalue weighted by atomic mass is 79.9. The third kappa shape index (κ3) is 4.64. The van der Waals surface area contributed by atoms with Gasteiger partial charge in [-0.05, 0) is 88.0 Å². The van der Waals surface area contributed by atoms with Crippen LogP contribution >= 0.6 is 43.5 Å². The standard InChI is InChI=1S/C17H18Br2ClNO/c1-10(2)22-17-14(18)6-12(7-15(17)19)9-21-13-5-4-11(3)16(20)8-13/h4-8,10,21H,9H2,1-3H3. The summed E-state index contributed by atoms with van der Waals surface area (Å²) in [6.07, 6.45) is 0.131. The Hall–Kier alpha value is -0.710. The monoisotopic (exact) mass is 445 g/mol. The first-order valence-electron chi connectivity index (χ1n) is 7.01. The fourth-order valence-electron chi connectivity index (χ4n) is 1.97. The minimum atomic E-state index is 0.131. The number of ether oxygens (including phenoxy) is 1. The van der Waals surface area contributed by atoms with Crippen molar-refractivity contribution in [2.45, 2.75) is 33.4 Å². The molecule has 0 radical (unpaired) electrons. The number of hydrogen-bond acceptors (Lipinski definition) is 2. The Bertz CT molecular complexity index is 651. The van der Waals surface area contributed by atoms with Gasteiger partial charge in [0.1, 0.15) is 5.75 Å². The van der Waals surface area contributed by atoms with Gasteiger partial charge in [-0.25, -0.2) is 0 Å². The van der Waals surface area contributed by atoms with Crippen LogP contribution in [0.3, 0.4) is 0 Å². The van der Waals surface area contributed by atoms with Crippen LogP contribution in [0.4, 0.5) is 5.69 Å². The Kier molecular flexibility index (Phi) is 6.18. The molecule has 5 heteroatoms. The summed E-state index contributed by atoms with van der Waals surface area (Å²) in [6.45, 7) is 6.72. The summed E-state index contributed by atoms with van der Waals surface area (Å²) in [5.41, 5.74) is 3.23. The lowest BCUT2D eigenvalue weighted by Gasteiger charge is -2.15. The van der Waals surface area contributed by atoms with Crippen LogP contribution in [0.5, 0.6) is 5.75 Å². The van der Waals surface area contributed by atoms with E-state index in [4.69, 9.17) is 16.3 Å². The van der Waals surface area contributed by atoms with E-state index in [0.717, 1.165) is 36.5 Å². The second-order valence-electron chi connectivity index (χ2n) is 5.37. The average molecular weight is 448 g/mol. The fraction of sp³-hybridized carbons (Fsp3) is 0.294. The summed E-state index contributed by atoms with van der Waals surface area (Å²) in [7, 11) is 0. The van der Waals surface area contributed by atoms with Crippen molar-refractivity contribution in [3.05, 3.63) is 55.4 Å². The molecule has 0 atom stereocenters. The Balaban J connectivity index is 2.11. The molecular formula is C17H18Br2ClNO. The number of rotatable bonds is 5. The van der Waals surface area contributed by atoms with Gasteiger partial charge in [0.25, 0.3) is 0 Å². The molecule has 0 unspecified atom stereocenters. The summed E-state index contributed by atoms with van der Waals surface area (Å²) in [5, 5.41) is 4.15. The third-order valence-electron chi connectivity index (χ3n) is 3.08. The molecule has 2 aromatic rings. The smallest absolute Gasteiger partial charge is 0.148 e. The number of nitrogens with one attached hydrogen (secondary N) is 1. The summed E-state index contributed by atoms with van der Waals surface area (Å²) in [4.78, 5) is 0. The predicted octanol–water partition coefficient (Wildman–Crippen LogP) is 6.57. The molecule has 0 amide bonds. The molecule has 0 heterocycles. The maximum Gasteiger partial charge on any atom is 0.148 e. The Morgan fingerprint density at radius 2 is 1.77 bits per heavy atom. The van der Waals surface area contributed by atoms with Crippen LogP contribution in [0.25, 0.3) is 0 Å². The van der Waals surface area contributed by atoms with Gasteiger partial charge in [0, 0.05) is 17.3 Å². The molecule has 0 aliphatic heterocycles. The largest absolute Gasteiger partial charge is 0.489 e. The lowest BCUT2D eigenvalue weighted by molar-refractivity contribution is 0.239. The Morgan fingerprint density at radius 1 is 1.14 bits per heavy atom. The van der Waals surface area contributed by atoms with Crippen molar-refractivity contribution in [2.75, 3.05) is 5.32 Å². The first-order chi connectivity index (χ1) is 10.4. The quantitative estimate of drug-likeness (QED) is 0.559. The van der Waals surface area contributed by atoms with E-state index in [1.54, 1.807) is 0 Å². The van der Waals surface area contributed by atoms with Gasteiger partial charge in [-0.1, -0.05) is 17.7 Å². The van der Waals surface area contributed by atoms with Crippen molar-refractivity contribution in [3.8, 4) is 5.75 Å². The maximum atomic E-state index is 6.14. The van der Waals surface area contributed by atoms with Crippen molar-refractivity contribution < 1.29 is 4.74 Å². The van der Waals surface area contributed by atoms with Crippen LogP contribution in [0.2, 0.25) is 5.02 Å². The topological polar surface area (TPSA) is 21.3 Å². The Labute approximate surface area is 153 Å². The number of anilines is 1. The van der Waals surface area contributed by atoms with Crippen LogP contribution in [0, 0.1) is 6.92 Å². The van der Waals surface area contributed by atoms with Crippen molar-refractivity contribution in [1.82, 2.24) is 0 Å². The summed E-state index contributed by atoms with van der Waals surface area (Å²) in [5.74, 6) is 0.831. The van der Waals surface area contributed by atoms with E-state index >= 15 is 0 Å². The molecule has 2 rings (SSSR count). The average Bonchev–Trinajstić information content (AvgIpc) is 2.44. The summed E-state index contributed by atoms with van der Waals surface area (Å²) >= 11 is 13.3. The molecule has 1 N–H and O–H groups in total. The highest BCUT2D eigenvalue weighted by Crippen LogP contribution is 2.35. The van der Waals surface area contributed by atoms with E-state index in [-0.39, 0.29) is 6.10 Å². The molecule has 0 saturated carbocycles. The SMILES string of the molecule is Cc1ccc(NCc2cc(Br)c(OC(C)C)c(Br)c2)cc1Cl. The zero-order chi connectivity index (χ0) is 16.3. The van der Waals surface area contributed by atoms with Crippen molar-refractivity contribution in [3.63, 3.8) is 0 Å². The third-order valence-corrected chi connectivity index (χ3v) is 4.67. The predicted molar refractivity (Wildman–Crippen MR) is 101 cm³/mol. The van der Waals surface area contributed by atoms with E-state index in [2.05, 4.69) is 49.3 Å². The zero-order valence-electron chi connectivity index (χ0n) is 12.7. The van der Waals surface area contributed by atoms with E-state index in [0.29, 0.717) is 6.54 Å². The minimum absolute atomic E-state index is 0.131. The molecule has 22 heavy (non-hydrogen) atoms. The van der Waals surface area contributed by atoms with Crippen LogP contribution in [-0.2, 0) is 6.54 Å². The molecule has 0 saturated heterocycles. The fourth-order valence-corrected chi connectivity index (χ4v) is 3.62. The second-order valence-corrected chi connectivity index (χ2v) is 7.49. The van der Waals surface area contributed by atoms with Gasteiger partial charge in [-0.3, -0.25) is 0 Å². The van der Waals surface area contributed by atoms with Gasteiger partial charge < -0.3 is 10.1 Å². The molecule has 2 nitrogen and oxygen atoms in total. The van der Waals surface area contributed by atoms with Crippen LogP contribution in [-0.4, -0.2) is 6.10 Å². The molecule has 2 aromatic carbocycles. The van der Waals surface area contributed by atoms with Gasteiger partial charge in [-0.15, -0.1) is 0 Å². The van der Waals surface area contributed by atoms with E-state index in [1.807, 2.05) is 39.0 Å². The van der Waals surface area contributed by atoms with Gasteiger partial charge >= 0.3 is 0 Å². The molecule has 0 aliphatic rings. The maximum absolute atomic E-state index is 6.14. The normalized spacial score (nSPS) is 10.9. The van der Waals surface area contributed by atoms with Gasteiger partial charge in [0.2, 0.25) is 0 Å². The number of aryl methyl sites for hydroxylation is 1.